The normalized spacial score (nSPS) is 21.0. The SMILES string of the molecule is COc1cc(C)c(C(N)CC2CCOC2)cc1C. The van der Waals surface area contributed by atoms with Crippen LogP contribution in [-0.2, 0) is 4.74 Å². The summed E-state index contributed by atoms with van der Waals surface area (Å²) in [6.45, 7) is 5.91. The molecule has 0 saturated carbocycles. The standard InChI is InChI=1S/C15H23NO2/c1-10-7-15(17-3)11(2)6-13(10)14(16)8-12-4-5-18-9-12/h6-7,12,14H,4-5,8-9,16H2,1-3H3. The summed E-state index contributed by atoms with van der Waals surface area (Å²) < 4.78 is 10.7. The fraction of sp³-hybridized carbons (Fsp3) is 0.600. The van der Waals surface area contributed by atoms with E-state index in [4.69, 9.17) is 15.2 Å². The maximum Gasteiger partial charge on any atom is 0.122 e. The van der Waals surface area contributed by atoms with Gasteiger partial charge in [-0.25, -0.2) is 0 Å². The number of aryl methyl sites for hydroxylation is 2. The molecule has 18 heavy (non-hydrogen) atoms. The van der Waals surface area contributed by atoms with E-state index >= 15 is 0 Å². The van der Waals surface area contributed by atoms with Crippen molar-refractivity contribution in [1.82, 2.24) is 0 Å². The van der Waals surface area contributed by atoms with Crippen molar-refractivity contribution in [2.45, 2.75) is 32.7 Å². The van der Waals surface area contributed by atoms with Gasteiger partial charge >= 0.3 is 0 Å². The summed E-state index contributed by atoms with van der Waals surface area (Å²) in [7, 11) is 1.71. The maximum atomic E-state index is 6.34. The van der Waals surface area contributed by atoms with E-state index in [1.165, 1.54) is 11.1 Å². The molecule has 3 nitrogen and oxygen atoms in total. The average molecular weight is 249 g/mol. The Labute approximate surface area is 109 Å². The van der Waals surface area contributed by atoms with Crippen LogP contribution in [0, 0.1) is 19.8 Å². The molecule has 2 rings (SSSR count). The molecule has 1 aromatic rings. The van der Waals surface area contributed by atoms with Gasteiger partial charge in [0.25, 0.3) is 0 Å². The molecule has 1 aliphatic rings. The number of ether oxygens (including phenoxy) is 2. The average Bonchev–Trinajstić information content (AvgIpc) is 2.84. The van der Waals surface area contributed by atoms with Crippen molar-refractivity contribution >= 4 is 0 Å². The minimum absolute atomic E-state index is 0.0984. The highest BCUT2D eigenvalue weighted by molar-refractivity contribution is 5.42. The predicted octanol–water partition coefficient (Wildman–Crippen LogP) is 2.74. The van der Waals surface area contributed by atoms with Gasteiger partial charge in [0.05, 0.1) is 7.11 Å². The summed E-state index contributed by atoms with van der Waals surface area (Å²) in [4.78, 5) is 0. The van der Waals surface area contributed by atoms with Gasteiger partial charge in [0, 0.05) is 19.3 Å². The van der Waals surface area contributed by atoms with Crippen molar-refractivity contribution in [2.24, 2.45) is 11.7 Å². The number of methoxy groups -OCH3 is 1. The van der Waals surface area contributed by atoms with Crippen molar-refractivity contribution < 1.29 is 9.47 Å². The lowest BCUT2D eigenvalue weighted by atomic mass is 9.91. The van der Waals surface area contributed by atoms with Crippen molar-refractivity contribution in [1.29, 1.82) is 0 Å². The molecule has 0 radical (unpaired) electrons. The molecule has 3 heteroatoms. The number of hydrogen-bond acceptors (Lipinski definition) is 3. The largest absolute Gasteiger partial charge is 0.496 e. The van der Waals surface area contributed by atoms with Gasteiger partial charge < -0.3 is 15.2 Å². The molecule has 0 aromatic heterocycles. The Morgan fingerprint density at radius 2 is 2.17 bits per heavy atom. The van der Waals surface area contributed by atoms with E-state index in [1.807, 2.05) is 0 Å². The van der Waals surface area contributed by atoms with E-state index < -0.39 is 0 Å². The van der Waals surface area contributed by atoms with Crippen molar-refractivity contribution in [3.8, 4) is 5.75 Å². The second-order valence-corrected chi connectivity index (χ2v) is 5.25. The van der Waals surface area contributed by atoms with E-state index in [2.05, 4.69) is 26.0 Å². The predicted molar refractivity (Wildman–Crippen MR) is 72.9 cm³/mol. The van der Waals surface area contributed by atoms with Crippen LogP contribution in [0.4, 0.5) is 0 Å². The number of benzene rings is 1. The first-order valence-electron chi connectivity index (χ1n) is 6.60. The van der Waals surface area contributed by atoms with E-state index in [1.54, 1.807) is 7.11 Å². The lowest BCUT2D eigenvalue weighted by Crippen LogP contribution is -2.17. The third-order valence-electron chi connectivity index (χ3n) is 3.79. The lowest BCUT2D eigenvalue weighted by Gasteiger charge is -2.19. The molecule has 0 aliphatic carbocycles. The minimum atomic E-state index is 0.0984. The van der Waals surface area contributed by atoms with Gasteiger partial charge in [-0.2, -0.15) is 0 Å². The summed E-state index contributed by atoms with van der Waals surface area (Å²) in [6, 6.07) is 4.34. The van der Waals surface area contributed by atoms with E-state index in [0.29, 0.717) is 5.92 Å². The molecule has 1 aliphatic heterocycles. The Balaban J connectivity index is 2.13. The molecular formula is C15H23NO2. The van der Waals surface area contributed by atoms with Crippen LogP contribution in [0.5, 0.6) is 5.75 Å². The fourth-order valence-corrected chi connectivity index (χ4v) is 2.69. The zero-order valence-electron chi connectivity index (χ0n) is 11.5. The van der Waals surface area contributed by atoms with Crippen LogP contribution in [0.3, 0.4) is 0 Å². The van der Waals surface area contributed by atoms with Crippen LogP contribution in [0.1, 0.15) is 35.6 Å². The molecule has 100 valence electrons. The molecule has 0 spiro atoms. The van der Waals surface area contributed by atoms with Crippen LogP contribution in [0.2, 0.25) is 0 Å². The monoisotopic (exact) mass is 249 g/mol. The van der Waals surface area contributed by atoms with Gasteiger partial charge in [-0.05, 0) is 55.4 Å². The minimum Gasteiger partial charge on any atom is -0.496 e. The van der Waals surface area contributed by atoms with Crippen molar-refractivity contribution in [3.63, 3.8) is 0 Å². The summed E-state index contributed by atoms with van der Waals surface area (Å²) >= 11 is 0. The van der Waals surface area contributed by atoms with Crippen LogP contribution in [0.15, 0.2) is 12.1 Å². The molecule has 1 heterocycles. The van der Waals surface area contributed by atoms with Gasteiger partial charge in [-0.1, -0.05) is 6.07 Å². The molecule has 2 atom stereocenters. The van der Waals surface area contributed by atoms with Crippen LogP contribution < -0.4 is 10.5 Å². The third-order valence-corrected chi connectivity index (χ3v) is 3.79. The second-order valence-electron chi connectivity index (χ2n) is 5.25. The highest BCUT2D eigenvalue weighted by Crippen LogP contribution is 2.30. The first-order chi connectivity index (χ1) is 8.61. The molecule has 1 saturated heterocycles. The number of hydrogen-bond donors (Lipinski definition) is 1. The summed E-state index contributed by atoms with van der Waals surface area (Å²) in [6.07, 6.45) is 2.15. The van der Waals surface area contributed by atoms with Crippen LogP contribution in [-0.4, -0.2) is 20.3 Å². The molecule has 1 aromatic carbocycles. The van der Waals surface area contributed by atoms with Crippen LogP contribution >= 0.6 is 0 Å². The first-order valence-corrected chi connectivity index (χ1v) is 6.60. The topological polar surface area (TPSA) is 44.5 Å². The Morgan fingerprint density at radius 3 is 2.78 bits per heavy atom. The van der Waals surface area contributed by atoms with E-state index in [-0.39, 0.29) is 6.04 Å². The Hall–Kier alpha value is -1.06. The molecular weight excluding hydrogens is 226 g/mol. The van der Waals surface area contributed by atoms with Crippen molar-refractivity contribution in [2.75, 3.05) is 20.3 Å². The molecule has 1 fully saturated rings. The second kappa shape index (κ2) is 5.72. The van der Waals surface area contributed by atoms with Gasteiger partial charge in [-0.3, -0.25) is 0 Å². The molecule has 2 unspecified atom stereocenters. The third kappa shape index (κ3) is 2.85. The number of nitrogens with two attached hydrogens (primary N) is 1. The maximum absolute atomic E-state index is 6.34. The Morgan fingerprint density at radius 1 is 1.39 bits per heavy atom. The van der Waals surface area contributed by atoms with Gasteiger partial charge in [0.2, 0.25) is 0 Å². The summed E-state index contributed by atoms with van der Waals surface area (Å²) in [5.41, 5.74) is 9.94. The summed E-state index contributed by atoms with van der Waals surface area (Å²) in [5.74, 6) is 1.55. The van der Waals surface area contributed by atoms with Crippen LogP contribution in [0.25, 0.3) is 0 Å². The highest BCUT2D eigenvalue weighted by Gasteiger charge is 2.21. The molecule has 0 amide bonds. The zero-order chi connectivity index (χ0) is 13.1. The first kappa shape index (κ1) is 13.4. The fourth-order valence-electron chi connectivity index (χ4n) is 2.69. The Bertz CT molecular complexity index is 411. The zero-order valence-corrected chi connectivity index (χ0v) is 11.5. The Kier molecular flexibility index (Phi) is 4.25. The number of rotatable bonds is 4. The lowest BCUT2D eigenvalue weighted by molar-refractivity contribution is 0.182. The van der Waals surface area contributed by atoms with Gasteiger partial charge in [0.15, 0.2) is 0 Å². The van der Waals surface area contributed by atoms with Gasteiger partial charge in [0.1, 0.15) is 5.75 Å². The quantitative estimate of drug-likeness (QED) is 0.892. The highest BCUT2D eigenvalue weighted by atomic mass is 16.5. The molecule has 0 bridgehead atoms. The van der Waals surface area contributed by atoms with Gasteiger partial charge in [-0.15, -0.1) is 0 Å². The smallest absolute Gasteiger partial charge is 0.122 e. The summed E-state index contributed by atoms with van der Waals surface area (Å²) in [5, 5.41) is 0. The van der Waals surface area contributed by atoms with E-state index in [0.717, 1.165) is 37.4 Å². The van der Waals surface area contributed by atoms with Crippen molar-refractivity contribution in [3.05, 3.63) is 28.8 Å². The van der Waals surface area contributed by atoms with E-state index in [9.17, 15) is 0 Å². The molecule has 2 N–H and O–H groups in total.